The first-order valence-corrected chi connectivity index (χ1v) is 19.8. The van der Waals surface area contributed by atoms with Crippen molar-refractivity contribution >= 4 is 46.2 Å². The van der Waals surface area contributed by atoms with Crippen LogP contribution >= 0.6 is 24.4 Å². The number of aromatic amines is 2. The van der Waals surface area contributed by atoms with Gasteiger partial charge < -0.3 is 29.6 Å². The number of nitrogens with zero attached hydrogens (tertiary/aromatic N) is 6. The topological polar surface area (TPSA) is 158 Å². The van der Waals surface area contributed by atoms with Gasteiger partial charge >= 0.3 is 0 Å². The third-order valence-electron chi connectivity index (χ3n) is 10.2. The second-order valence-corrected chi connectivity index (χ2v) is 15.4. The quantitative estimate of drug-likeness (QED) is 0.0787. The lowest BCUT2D eigenvalue weighted by atomic mass is 9.98. The van der Waals surface area contributed by atoms with E-state index < -0.39 is 0 Å². The number of rotatable bonds is 9. The summed E-state index contributed by atoms with van der Waals surface area (Å²) in [7, 11) is 0. The number of aromatic nitrogens is 8. The lowest BCUT2D eigenvalue weighted by Gasteiger charge is -2.13. The SMILES string of the molecule is CCCn1ccc2cc(-n3c(-c4cc(C(C)C)c(O)cc4O)n[nH]c3=S)ccc21.CCn1ccc2cc(-n3c(-c4cc(C(C)C)c(O)cc4O)n[nH]c3=S)ccc21. The molecular weight excluding hydrogens is 757 g/mol. The minimum atomic E-state index is -0.0460. The minimum absolute atomic E-state index is 0.0441. The fourth-order valence-corrected chi connectivity index (χ4v) is 7.75. The maximum absolute atomic E-state index is 10.5. The van der Waals surface area contributed by atoms with E-state index in [0.29, 0.717) is 32.3 Å². The molecule has 4 heterocycles. The fourth-order valence-electron chi connectivity index (χ4n) is 7.27. The molecule has 57 heavy (non-hydrogen) atoms. The molecule has 8 aromatic rings. The average Bonchev–Trinajstić information content (AvgIpc) is 3.96. The van der Waals surface area contributed by atoms with Crippen LogP contribution in [0.3, 0.4) is 0 Å². The first-order chi connectivity index (χ1) is 27.3. The van der Waals surface area contributed by atoms with E-state index in [1.165, 1.54) is 17.6 Å². The smallest absolute Gasteiger partial charge is 0.200 e. The van der Waals surface area contributed by atoms with Crippen LogP contribution in [0.15, 0.2) is 85.2 Å². The van der Waals surface area contributed by atoms with E-state index in [1.807, 2.05) is 44.4 Å². The van der Waals surface area contributed by atoms with Gasteiger partial charge in [0, 0.05) is 59.4 Å². The van der Waals surface area contributed by atoms with Crippen LogP contribution in [0.25, 0.3) is 56.0 Å². The number of benzene rings is 4. The monoisotopic (exact) mass is 802 g/mol. The highest BCUT2D eigenvalue weighted by Gasteiger charge is 2.21. The summed E-state index contributed by atoms with van der Waals surface area (Å²) in [5.41, 5.74) is 6.54. The van der Waals surface area contributed by atoms with Crippen LogP contribution in [0.2, 0.25) is 0 Å². The van der Waals surface area contributed by atoms with E-state index in [2.05, 4.69) is 92.2 Å². The Morgan fingerprint density at radius 3 is 1.44 bits per heavy atom. The van der Waals surface area contributed by atoms with Crippen LogP contribution < -0.4 is 0 Å². The molecule has 0 bridgehead atoms. The van der Waals surface area contributed by atoms with Crippen molar-refractivity contribution in [3.63, 3.8) is 0 Å². The van der Waals surface area contributed by atoms with Crippen molar-refractivity contribution < 1.29 is 20.4 Å². The minimum Gasteiger partial charge on any atom is -0.508 e. The second kappa shape index (κ2) is 15.8. The molecule has 0 aliphatic carbocycles. The Morgan fingerprint density at radius 1 is 0.579 bits per heavy atom. The number of aromatic hydroxyl groups is 4. The second-order valence-electron chi connectivity index (χ2n) is 14.6. The predicted molar refractivity (Wildman–Crippen MR) is 230 cm³/mol. The number of H-pyrrole nitrogens is 2. The molecule has 0 aliphatic rings. The summed E-state index contributed by atoms with van der Waals surface area (Å²) in [5.74, 6) is 1.24. The van der Waals surface area contributed by atoms with Gasteiger partial charge in [0.05, 0.1) is 22.5 Å². The van der Waals surface area contributed by atoms with E-state index in [9.17, 15) is 20.4 Å². The highest BCUT2D eigenvalue weighted by Crippen LogP contribution is 2.39. The zero-order chi connectivity index (χ0) is 40.7. The van der Waals surface area contributed by atoms with Crippen molar-refractivity contribution in [3.05, 3.63) is 106 Å². The number of phenolic OH excluding ortho intramolecular Hbond substituents is 4. The molecule has 0 spiro atoms. The maximum atomic E-state index is 10.5. The largest absolute Gasteiger partial charge is 0.508 e. The normalized spacial score (nSPS) is 11.6. The Hall–Kier alpha value is -6.12. The van der Waals surface area contributed by atoms with Crippen molar-refractivity contribution in [2.24, 2.45) is 0 Å². The van der Waals surface area contributed by atoms with E-state index >= 15 is 0 Å². The predicted octanol–water partition coefficient (Wildman–Crippen LogP) is 10.6. The van der Waals surface area contributed by atoms with Crippen molar-refractivity contribution in [3.8, 4) is 57.1 Å². The molecule has 0 atom stereocenters. The fraction of sp³-hybridized carbons (Fsp3) is 0.256. The van der Waals surface area contributed by atoms with Crippen molar-refractivity contribution in [1.82, 2.24) is 38.7 Å². The van der Waals surface area contributed by atoms with E-state index in [1.54, 1.807) is 16.7 Å². The van der Waals surface area contributed by atoms with Crippen LogP contribution in [0, 0.1) is 9.54 Å². The molecule has 12 nitrogen and oxygen atoms in total. The van der Waals surface area contributed by atoms with Gasteiger partial charge in [0.15, 0.2) is 21.2 Å². The van der Waals surface area contributed by atoms with Crippen molar-refractivity contribution in [1.29, 1.82) is 0 Å². The number of aryl methyl sites for hydroxylation is 2. The Balaban J connectivity index is 0.000000174. The van der Waals surface area contributed by atoms with Crippen LogP contribution in [0.1, 0.15) is 70.9 Å². The number of phenols is 4. The third kappa shape index (κ3) is 7.33. The van der Waals surface area contributed by atoms with E-state index in [0.717, 1.165) is 58.3 Å². The molecule has 6 N–H and O–H groups in total. The molecule has 0 radical (unpaired) electrons. The van der Waals surface area contributed by atoms with Gasteiger partial charge in [0.1, 0.15) is 23.0 Å². The molecule has 0 unspecified atom stereocenters. The van der Waals surface area contributed by atoms with Gasteiger partial charge in [-0.1, -0.05) is 34.6 Å². The number of hydrogen-bond acceptors (Lipinski definition) is 8. The molecule has 0 saturated heterocycles. The Labute approximate surface area is 339 Å². The van der Waals surface area contributed by atoms with E-state index in [4.69, 9.17) is 24.4 Å². The molecule has 294 valence electrons. The molecule has 0 fully saturated rings. The highest BCUT2D eigenvalue weighted by atomic mass is 32.1. The number of fused-ring (bicyclic) bond motifs is 2. The van der Waals surface area contributed by atoms with Gasteiger partial charge in [-0.3, -0.25) is 19.3 Å². The number of hydrogen-bond donors (Lipinski definition) is 6. The molecular formula is C43H46N8O4S2. The molecule has 8 rings (SSSR count). The summed E-state index contributed by atoms with van der Waals surface area (Å²) in [6.45, 7) is 14.1. The Bertz CT molecular complexity index is 2870. The molecule has 0 saturated carbocycles. The zero-order valence-corrected chi connectivity index (χ0v) is 34.3. The van der Waals surface area contributed by atoms with Gasteiger partial charge in [-0.25, -0.2) is 0 Å². The molecule has 0 amide bonds. The third-order valence-corrected chi connectivity index (χ3v) is 10.7. The summed E-state index contributed by atoms with van der Waals surface area (Å²) in [6.07, 6.45) is 5.22. The van der Waals surface area contributed by atoms with Crippen LogP contribution in [0.5, 0.6) is 23.0 Å². The first-order valence-electron chi connectivity index (χ1n) is 19.0. The molecule has 14 heteroatoms. The maximum Gasteiger partial charge on any atom is 0.200 e. The van der Waals surface area contributed by atoms with E-state index in [-0.39, 0.29) is 34.8 Å². The summed E-state index contributed by atoms with van der Waals surface area (Å²) in [6, 6.07) is 22.7. The zero-order valence-electron chi connectivity index (χ0n) is 32.6. The molecule has 4 aromatic carbocycles. The van der Waals surface area contributed by atoms with Gasteiger partial charge in [-0.15, -0.1) is 0 Å². The lowest BCUT2D eigenvalue weighted by Crippen LogP contribution is -2.00. The summed E-state index contributed by atoms with van der Waals surface area (Å²) >= 11 is 11.0. The van der Waals surface area contributed by atoms with Gasteiger partial charge in [-0.2, -0.15) is 10.2 Å². The molecule has 4 aromatic heterocycles. The lowest BCUT2D eigenvalue weighted by molar-refractivity contribution is 0.443. The highest BCUT2D eigenvalue weighted by molar-refractivity contribution is 7.71. The molecule has 0 aliphatic heterocycles. The Kier molecular flexibility index (Phi) is 10.8. The van der Waals surface area contributed by atoms with Crippen LogP contribution in [-0.2, 0) is 13.1 Å². The van der Waals surface area contributed by atoms with Gasteiger partial charge in [0.25, 0.3) is 0 Å². The summed E-state index contributed by atoms with van der Waals surface area (Å²) in [5, 5.41) is 57.9. The van der Waals surface area contributed by atoms with Crippen LogP contribution in [-0.4, -0.2) is 59.1 Å². The van der Waals surface area contributed by atoms with Crippen LogP contribution in [0.4, 0.5) is 0 Å². The summed E-state index contributed by atoms with van der Waals surface area (Å²) in [4.78, 5) is 0. The number of nitrogens with one attached hydrogen (secondary N) is 2. The standard InChI is InChI=1S/C22H24N4O2S.C21H22N4O2S/c1-4-8-25-9-7-14-10-15(5-6-18(14)25)26-21(23-24-22(26)29)17-11-16(13(2)3)19(27)12-20(17)28;1-4-24-8-7-13-9-14(5-6-17(13)24)25-20(22-23-21(25)28)16-10-15(12(2)3)18(26)11-19(16)27/h5-7,9-13,27-28H,4,8H2,1-3H3,(H,24,29);5-12,26-27H,4H2,1-3H3,(H,23,28). The first kappa shape index (κ1) is 39.1. The van der Waals surface area contributed by atoms with Gasteiger partial charge in [-0.05, 0) is 121 Å². The Morgan fingerprint density at radius 2 is 1.02 bits per heavy atom. The average molecular weight is 803 g/mol. The summed E-state index contributed by atoms with van der Waals surface area (Å²) < 4.78 is 8.88. The van der Waals surface area contributed by atoms with Crippen molar-refractivity contribution in [2.45, 2.75) is 72.9 Å². The van der Waals surface area contributed by atoms with Crippen molar-refractivity contribution in [2.75, 3.05) is 0 Å². The van der Waals surface area contributed by atoms with Gasteiger partial charge in [0.2, 0.25) is 0 Å².